The lowest BCUT2D eigenvalue weighted by Gasteiger charge is -2.27. The number of benzene rings is 1. The summed E-state index contributed by atoms with van der Waals surface area (Å²) in [5.41, 5.74) is 0.698. The molecule has 0 heterocycles. The normalized spacial score (nSPS) is 22.4. The third-order valence-corrected chi connectivity index (χ3v) is 3.75. The molecule has 0 unspecified atom stereocenters. The molecule has 4 nitrogen and oxygen atoms in total. The summed E-state index contributed by atoms with van der Waals surface area (Å²) >= 11 is 0. The predicted molar refractivity (Wildman–Crippen MR) is 77.8 cm³/mol. The zero-order valence-corrected chi connectivity index (χ0v) is 12.0. The van der Waals surface area contributed by atoms with Gasteiger partial charge in [-0.05, 0) is 31.4 Å². The lowest BCUT2D eigenvalue weighted by atomic mass is 9.79. The maximum atomic E-state index is 12.4. The first-order chi connectivity index (χ1) is 9.61. The Labute approximate surface area is 119 Å². The van der Waals surface area contributed by atoms with E-state index in [0.29, 0.717) is 37.3 Å². The number of hydrogen-bond acceptors (Lipinski definition) is 3. The zero-order valence-electron chi connectivity index (χ0n) is 12.0. The Bertz CT molecular complexity index is 498. The first-order valence-corrected chi connectivity index (χ1v) is 7.16. The Kier molecular flexibility index (Phi) is 4.77. The second-order valence-electron chi connectivity index (χ2n) is 5.28. The first kappa shape index (κ1) is 14.6. The van der Waals surface area contributed by atoms with E-state index in [-0.39, 0.29) is 23.5 Å². The minimum absolute atomic E-state index is 0.0165. The molecule has 4 heteroatoms. The van der Waals surface area contributed by atoms with Gasteiger partial charge in [-0.3, -0.25) is 9.59 Å². The van der Waals surface area contributed by atoms with Crippen molar-refractivity contribution in [1.82, 2.24) is 0 Å². The highest BCUT2D eigenvalue weighted by molar-refractivity contribution is 5.95. The van der Waals surface area contributed by atoms with Gasteiger partial charge in [-0.25, -0.2) is 0 Å². The fourth-order valence-electron chi connectivity index (χ4n) is 2.67. The van der Waals surface area contributed by atoms with Crippen LogP contribution in [0.15, 0.2) is 24.3 Å². The van der Waals surface area contributed by atoms with Crippen LogP contribution < -0.4 is 10.1 Å². The average molecular weight is 275 g/mol. The fraction of sp³-hybridized carbons (Fsp3) is 0.500. The molecule has 0 radical (unpaired) electrons. The Balaban J connectivity index is 2.06. The van der Waals surface area contributed by atoms with Crippen LogP contribution in [-0.2, 0) is 9.59 Å². The summed E-state index contributed by atoms with van der Waals surface area (Å²) in [4.78, 5) is 23.8. The lowest BCUT2D eigenvalue weighted by Crippen LogP contribution is -2.33. The van der Waals surface area contributed by atoms with Gasteiger partial charge in [0.25, 0.3) is 0 Å². The van der Waals surface area contributed by atoms with Crippen LogP contribution in [0.4, 0.5) is 5.69 Å². The van der Waals surface area contributed by atoms with E-state index in [0.717, 1.165) is 0 Å². The highest BCUT2D eigenvalue weighted by atomic mass is 16.5. The molecule has 1 fully saturated rings. The van der Waals surface area contributed by atoms with Gasteiger partial charge in [0.2, 0.25) is 5.91 Å². The molecule has 0 bridgehead atoms. The molecule has 1 aliphatic carbocycles. The van der Waals surface area contributed by atoms with E-state index < -0.39 is 0 Å². The molecule has 1 aliphatic rings. The van der Waals surface area contributed by atoms with Crippen molar-refractivity contribution in [2.75, 3.05) is 11.9 Å². The molecule has 1 aromatic carbocycles. The molecule has 20 heavy (non-hydrogen) atoms. The number of carbonyl (C=O) groups is 2. The zero-order chi connectivity index (χ0) is 14.5. The quantitative estimate of drug-likeness (QED) is 0.919. The van der Waals surface area contributed by atoms with E-state index in [1.54, 1.807) is 0 Å². The Morgan fingerprint density at radius 1 is 1.40 bits per heavy atom. The third-order valence-electron chi connectivity index (χ3n) is 3.75. The fourth-order valence-corrected chi connectivity index (χ4v) is 2.67. The lowest BCUT2D eigenvalue weighted by molar-refractivity contribution is -0.127. The molecule has 2 rings (SSSR count). The summed E-state index contributed by atoms with van der Waals surface area (Å²) in [5.74, 6) is 0.939. The van der Waals surface area contributed by atoms with Crippen molar-refractivity contribution in [3.63, 3.8) is 0 Å². The summed E-state index contributed by atoms with van der Waals surface area (Å²) < 4.78 is 5.50. The summed E-state index contributed by atoms with van der Waals surface area (Å²) in [5, 5.41) is 2.94. The molecule has 1 N–H and O–H groups in total. The van der Waals surface area contributed by atoms with Gasteiger partial charge in [0, 0.05) is 18.8 Å². The standard InChI is InChI=1S/C16H21NO3/c1-3-20-15-7-5-4-6-14(15)17-16(19)13-9-8-12(18)10-11(13)2/h4-7,11,13H,3,8-10H2,1-2H3,(H,17,19)/t11-,13-/m0/s1. The number of carbonyl (C=O) groups excluding carboxylic acids is 2. The van der Waals surface area contributed by atoms with Gasteiger partial charge < -0.3 is 10.1 Å². The molecule has 108 valence electrons. The van der Waals surface area contributed by atoms with Gasteiger partial charge in [0.1, 0.15) is 11.5 Å². The molecular weight excluding hydrogens is 254 g/mol. The summed E-state index contributed by atoms with van der Waals surface area (Å²) in [7, 11) is 0. The van der Waals surface area contributed by atoms with Crippen LogP contribution in [-0.4, -0.2) is 18.3 Å². The maximum absolute atomic E-state index is 12.4. The number of ether oxygens (including phenoxy) is 1. The highest BCUT2D eigenvalue weighted by Crippen LogP contribution is 2.30. The van der Waals surface area contributed by atoms with E-state index in [1.807, 2.05) is 38.1 Å². The predicted octanol–water partition coefficient (Wildman–Crippen LogP) is 3.03. The van der Waals surface area contributed by atoms with Crippen LogP contribution in [0.5, 0.6) is 5.75 Å². The van der Waals surface area contributed by atoms with Gasteiger partial charge in [0.05, 0.1) is 12.3 Å². The molecule has 0 spiro atoms. The smallest absolute Gasteiger partial charge is 0.227 e. The van der Waals surface area contributed by atoms with Crippen LogP contribution in [0.1, 0.15) is 33.1 Å². The van der Waals surface area contributed by atoms with Gasteiger partial charge >= 0.3 is 0 Å². The number of amides is 1. The number of anilines is 1. The Morgan fingerprint density at radius 2 is 2.15 bits per heavy atom. The third kappa shape index (κ3) is 3.38. The Morgan fingerprint density at radius 3 is 2.85 bits per heavy atom. The number of hydrogen-bond donors (Lipinski definition) is 1. The van der Waals surface area contributed by atoms with Gasteiger partial charge in [-0.15, -0.1) is 0 Å². The second kappa shape index (κ2) is 6.55. The molecule has 0 aromatic heterocycles. The van der Waals surface area contributed by atoms with Crippen molar-refractivity contribution < 1.29 is 14.3 Å². The van der Waals surface area contributed by atoms with Crippen molar-refractivity contribution >= 4 is 17.4 Å². The number of para-hydroxylation sites is 2. The van der Waals surface area contributed by atoms with Crippen LogP contribution >= 0.6 is 0 Å². The SMILES string of the molecule is CCOc1ccccc1NC(=O)[C@H]1CCC(=O)C[C@@H]1C. The van der Waals surface area contributed by atoms with E-state index in [1.165, 1.54) is 0 Å². The van der Waals surface area contributed by atoms with Gasteiger partial charge in [0.15, 0.2) is 0 Å². The summed E-state index contributed by atoms with van der Waals surface area (Å²) in [6.45, 7) is 4.43. The van der Waals surface area contributed by atoms with Crippen LogP contribution in [0.25, 0.3) is 0 Å². The molecule has 0 aliphatic heterocycles. The van der Waals surface area contributed by atoms with E-state index in [4.69, 9.17) is 4.74 Å². The van der Waals surface area contributed by atoms with E-state index in [9.17, 15) is 9.59 Å². The Hall–Kier alpha value is -1.84. The topological polar surface area (TPSA) is 55.4 Å². The molecule has 1 amide bonds. The first-order valence-electron chi connectivity index (χ1n) is 7.16. The molecule has 2 atom stereocenters. The van der Waals surface area contributed by atoms with Gasteiger partial charge in [-0.2, -0.15) is 0 Å². The minimum atomic E-state index is -0.0950. The van der Waals surface area contributed by atoms with E-state index in [2.05, 4.69) is 5.32 Å². The highest BCUT2D eigenvalue weighted by Gasteiger charge is 2.31. The van der Waals surface area contributed by atoms with Crippen molar-refractivity contribution in [1.29, 1.82) is 0 Å². The maximum Gasteiger partial charge on any atom is 0.227 e. The van der Waals surface area contributed by atoms with Crippen molar-refractivity contribution in [3.8, 4) is 5.75 Å². The summed E-state index contributed by atoms with van der Waals surface area (Å²) in [6, 6.07) is 7.42. The molecule has 1 aromatic rings. The molecule has 0 saturated heterocycles. The molecular formula is C16H21NO3. The van der Waals surface area contributed by atoms with E-state index >= 15 is 0 Å². The van der Waals surface area contributed by atoms with Crippen molar-refractivity contribution in [3.05, 3.63) is 24.3 Å². The monoisotopic (exact) mass is 275 g/mol. The van der Waals surface area contributed by atoms with Crippen LogP contribution in [0.2, 0.25) is 0 Å². The largest absolute Gasteiger partial charge is 0.492 e. The summed E-state index contributed by atoms with van der Waals surface area (Å²) in [6.07, 6.45) is 1.66. The number of Topliss-reactive ketones (excluding diaryl/α,β-unsaturated/α-hetero) is 1. The minimum Gasteiger partial charge on any atom is -0.492 e. The second-order valence-corrected chi connectivity index (χ2v) is 5.28. The van der Waals surface area contributed by atoms with Crippen molar-refractivity contribution in [2.45, 2.75) is 33.1 Å². The molecule has 1 saturated carbocycles. The number of ketones is 1. The average Bonchev–Trinajstić information content (AvgIpc) is 2.41. The van der Waals surface area contributed by atoms with Crippen molar-refractivity contribution in [2.24, 2.45) is 11.8 Å². The van der Waals surface area contributed by atoms with Gasteiger partial charge in [-0.1, -0.05) is 19.1 Å². The van der Waals surface area contributed by atoms with Crippen LogP contribution in [0.3, 0.4) is 0 Å². The van der Waals surface area contributed by atoms with Crippen LogP contribution in [0, 0.1) is 11.8 Å². The number of rotatable bonds is 4. The number of nitrogens with one attached hydrogen (secondary N) is 1.